The number of sulfone groups is 1. The number of hydrogen-bond acceptors (Lipinski definition) is 4. The van der Waals surface area contributed by atoms with Crippen LogP contribution >= 0.6 is 0 Å². The van der Waals surface area contributed by atoms with E-state index < -0.39 is 9.84 Å². The molecule has 0 aliphatic carbocycles. The van der Waals surface area contributed by atoms with Crippen LogP contribution in [0.4, 0.5) is 5.69 Å². The Bertz CT molecular complexity index is 881. The summed E-state index contributed by atoms with van der Waals surface area (Å²) in [5.41, 5.74) is 2.51. The van der Waals surface area contributed by atoms with E-state index in [1.165, 1.54) is 11.3 Å². The molecule has 2 aromatic carbocycles. The summed E-state index contributed by atoms with van der Waals surface area (Å²) in [4.78, 5) is 14.7. The van der Waals surface area contributed by atoms with Crippen LogP contribution in [0.1, 0.15) is 18.4 Å². The first-order valence-electron chi connectivity index (χ1n) is 9.31. The molecule has 5 nitrogen and oxygen atoms in total. The summed E-state index contributed by atoms with van der Waals surface area (Å²) in [5, 5.41) is 2.91. The van der Waals surface area contributed by atoms with Crippen LogP contribution in [0.5, 0.6) is 0 Å². The van der Waals surface area contributed by atoms with Crippen molar-refractivity contribution >= 4 is 21.4 Å². The minimum Gasteiger partial charge on any atom is -0.371 e. The van der Waals surface area contributed by atoms with E-state index >= 15 is 0 Å². The molecule has 1 N–H and O–H groups in total. The van der Waals surface area contributed by atoms with Crippen molar-refractivity contribution in [2.75, 3.05) is 30.3 Å². The monoisotopic (exact) mass is 386 g/mol. The Balaban J connectivity index is 1.44. The average Bonchev–Trinajstić information content (AvgIpc) is 3.15. The lowest BCUT2D eigenvalue weighted by Crippen LogP contribution is -2.32. The van der Waals surface area contributed by atoms with E-state index in [2.05, 4.69) is 29.3 Å². The van der Waals surface area contributed by atoms with Gasteiger partial charge in [0.25, 0.3) is 0 Å². The maximum absolute atomic E-state index is 12.2. The summed E-state index contributed by atoms with van der Waals surface area (Å²) < 4.78 is 24.5. The van der Waals surface area contributed by atoms with Crippen LogP contribution in [-0.4, -0.2) is 39.7 Å². The van der Waals surface area contributed by atoms with Gasteiger partial charge in [-0.2, -0.15) is 0 Å². The fraction of sp³-hybridized carbons (Fsp3) is 0.381. The van der Waals surface area contributed by atoms with Crippen molar-refractivity contribution in [2.45, 2.75) is 24.7 Å². The second kappa shape index (κ2) is 8.57. The zero-order valence-corrected chi connectivity index (χ0v) is 16.4. The molecule has 0 saturated carbocycles. The van der Waals surface area contributed by atoms with E-state index in [0.717, 1.165) is 19.5 Å². The van der Waals surface area contributed by atoms with Crippen LogP contribution in [0.15, 0.2) is 59.5 Å². The Morgan fingerprint density at radius 2 is 1.81 bits per heavy atom. The number of anilines is 1. The van der Waals surface area contributed by atoms with Gasteiger partial charge in [0, 0.05) is 31.7 Å². The van der Waals surface area contributed by atoms with Crippen molar-refractivity contribution in [3.8, 4) is 0 Å². The van der Waals surface area contributed by atoms with Gasteiger partial charge < -0.3 is 10.2 Å². The molecule has 1 heterocycles. The van der Waals surface area contributed by atoms with E-state index in [4.69, 9.17) is 0 Å². The number of hydrogen-bond donors (Lipinski definition) is 1. The number of amides is 1. The summed E-state index contributed by atoms with van der Waals surface area (Å²) in [6, 6.07) is 16.6. The highest BCUT2D eigenvalue weighted by atomic mass is 32.2. The van der Waals surface area contributed by atoms with Gasteiger partial charge in [0.15, 0.2) is 9.84 Å². The quantitative estimate of drug-likeness (QED) is 0.795. The molecule has 0 aromatic heterocycles. The van der Waals surface area contributed by atoms with E-state index in [0.29, 0.717) is 12.5 Å². The fourth-order valence-electron chi connectivity index (χ4n) is 3.46. The second-order valence-electron chi connectivity index (χ2n) is 7.07. The summed E-state index contributed by atoms with van der Waals surface area (Å²) in [6.45, 7) is 4.59. The summed E-state index contributed by atoms with van der Waals surface area (Å²) >= 11 is 0. The Morgan fingerprint density at radius 1 is 1.11 bits per heavy atom. The topological polar surface area (TPSA) is 66.5 Å². The first-order chi connectivity index (χ1) is 13.0. The number of carbonyl (C=O) groups excluding carboxylic acids is 1. The summed E-state index contributed by atoms with van der Waals surface area (Å²) in [5.74, 6) is 0.0196. The maximum atomic E-state index is 12.2. The van der Waals surface area contributed by atoms with Crippen molar-refractivity contribution in [3.63, 3.8) is 0 Å². The Hall–Kier alpha value is -2.34. The molecule has 1 aliphatic heterocycles. The first-order valence-corrected chi connectivity index (χ1v) is 11.0. The Morgan fingerprint density at radius 3 is 2.56 bits per heavy atom. The minimum absolute atomic E-state index is 0.00848. The Labute approximate surface area is 161 Å². The lowest BCUT2D eigenvalue weighted by molar-refractivity contribution is -0.120. The van der Waals surface area contributed by atoms with Gasteiger partial charge in [-0.15, -0.1) is 0 Å². The standard InChI is InChI=1S/C21H26N2O3S/c1-17-7-5-6-10-20(17)23-13-11-18(16-23)15-22-21(24)12-14-27(25,26)19-8-3-2-4-9-19/h2-10,18H,11-16H2,1H3,(H,22,24). The van der Waals surface area contributed by atoms with Crippen molar-refractivity contribution in [2.24, 2.45) is 5.92 Å². The van der Waals surface area contributed by atoms with Crippen molar-refractivity contribution in [1.29, 1.82) is 0 Å². The molecule has 3 rings (SSSR count). The smallest absolute Gasteiger partial charge is 0.221 e. The molecular weight excluding hydrogens is 360 g/mol. The van der Waals surface area contributed by atoms with Gasteiger partial charge in [-0.1, -0.05) is 36.4 Å². The van der Waals surface area contributed by atoms with E-state index in [9.17, 15) is 13.2 Å². The van der Waals surface area contributed by atoms with Crippen molar-refractivity contribution < 1.29 is 13.2 Å². The van der Waals surface area contributed by atoms with Gasteiger partial charge in [-0.3, -0.25) is 4.79 Å². The molecular formula is C21H26N2O3S. The summed E-state index contributed by atoms with van der Waals surface area (Å²) in [6.07, 6.45) is 1.02. The lowest BCUT2D eigenvalue weighted by atomic mass is 10.1. The van der Waals surface area contributed by atoms with Crippen molar-refractivity contribution in [1.82, 2.24) is 5.32 Å². The molecule has 6 heteroatoms. The van der Waals surface area contributed by atoms with Gasteiger partial charge in [-0.05, 0) is 43.0 Å². The van der Waals surface area contributed by atoms with Gasteiger partial charge in [-0.25, -0.2) is 8.42 Å². The minimum atomic E-state index is -3.41. The highest BCUT2D eigenvalue weighted by Gasteiger charge is 2.24. The molecule has 0 bridgehead atoms. The number of nitrogens with zero attached hydrogens (tertiary/aromatic N) is 1. The molecule has 144 valence electrons. The maximum Gasteiger partial charge on any atom is 0.221 e. The second-order valence-corrected chi connectivity index (χ2v) is 9.18. The van der Waals surface area contributed by atoms with Crippen LogP contribution < -0.4 is 10.2 Å². The molecule has 1 amide bonds. The van der Waals surface area contributed by atoms with Crippen LogP contribution in [0.3, 0.4) is 0 Å². The molecule has 1 saturated heterocycles. The predicted molar refractivity (Wildman–Crippen MR) is 108 cm³/mol. The number of rotatable bonds is 7. The molecule has 1 unspecified atom stereocenters. The molecule has 0 spiro atoms. The van der Waals surface area contributed by atoms with E-state index in [-0.39, 0.29) is 23.0 Å². The molecule has 1 atom stereocenters. The van der Waals surface area contributed by atoms with Crippen LogP contribution in [0.2, 0.25) is 0 Å². The molecule has 0 radical (unpaired) electrons. The highest BCUT2D eigenvalue weighted by molar-refractivity contribution is 7.91. The Kier molecular flexibility index (Phi) is 6.16. The largest absolute Gasteiger partial charge is 0.371 e. The normalized spacial score (nSPS) is 17.1. The van der Waals surface area contributed by atoms with Gasteiger partial charge in [0.05, 0.1) is 10.6 Å². The number of aryl methyl sites for hydroxylation is 1. The van der Waals surface area contributed by atoms with Gasteiger partial charge >= 0.3 is 0 Å². The van der Waals surface area contributed by atoms with Crippen LogP contribution in [0, 0.1) is 12.8 Å². The summed E-state index contributed by atoms with van der Waals surface area (Å²) in [7, 11) is -3.41. The number of carbonyl (C=O) groups is 1. The lowest BCUT2D eigenvalue weighted by Gasteiger charge is -2.21. The van der Waals surface area contributed by atoms with Crippen molar-refractivity contribution in [3.05, 3.63) is 60.2 Å². The number of para-hydroxylation sites is 1. The van der Waals surface area contributed by atoms with Gasteiger partial charge in [0.2, 0.25) is 5.91 Å². The molecule has 2 aromatic rings. The fourth-order valence-corrected chi connectivity index (χ4v) is 4.72. The molecule has 27 heavy (non-hydrogen) atoms. The molecule has 1 aliphatic rings. The highest BCUT2D eigenvalue weighted by Crippen LogP contribution is 2.26. The third-order valence-electron chi connectivity index (χ3n) is 5.03. The zero-order valence-electron chi connectivity index (χ0n) is 15.6. The van der Waals surface area contributed by atoms with Crippen LogP contribution in [-0.2, 0) is 14.6 Å². The molecule has 1 fully saturated rings. The van der Waals surface area contributed by atoms with E-state index in [1.54, 1.807) is 30.3 Å². The predicted octanol–water partition coefficient (Wildman–Crippen LogP) is 2.80. The first kappa shape index (κ1) is 19.4. The zero-order chi connectivity index (χ0) is 19.3. The number of nitrogens with one attached hydrogen (secondary N) is 1. The average molecular weight is 387 g/mol. The third-order valence-corrected chi connectivity index (χ3v) is 6.76. The van der Waals surface area contributed by atoms with Crippen LogP contribution in [0.25, 0.3) is 0 Å². The van der Waals surface area contributed by atoms with Gasteiger partial charge in [0.1, 0.15) is 0 Å². The third kappa shape index (κ3) is 5.10. The van der Waals surface area contributed by atoms with E-state index in [1.807, 2.05) is 12.1 Å². The SMILES string of the molecule is Cc1ccccc1N1CCC(CNC(=O)CCS(=O)(=O)c2ccccc2)C1. The number of benzene rings is 2.